The molecule has 3 rings (SSSR count). The maximum Gasteiger partial charge on any atom is 0.150 e. The Labute approximate surface area is 126 Å². The third-order valence-electron chi connectivity index (χ3n) is 4.45. The minimum Gasteiger partial charge on any atom is -0.634 e. The number of pyridine rings is 1. The van der Waals surface area contributed by atoms with Gasteiger partial charge in [0.05, 0.1) is 13.1 Å². The van der Waals surface area contributed by atoms with Gasteiger partial charge in [0.15, 0.2) is 5.82 Å². The van der Waals surface area contributed by atoms with Crippen molar-refractivity contribution in [3.8, 4) is 0 Å². The van der Waals surface area contributed by atoms with Crippen LogP contribution < -0.4 is 15.5 Å². The largest absolute Gasteiger partial charge is 0.634 e. The van der Waals surface area contributed by atoms with Gasteiger partial charge in [-0.2, -0.15) is 0 Å². The van der Waals surface area contributed by atoms with Crippen LogP contribution in [0.15, 0.2) is 23.9 Å². The monoisotopic (exact) mass is 288 g/mol. The van der Waals surface area contributed by atoms with E-state index >= 15 is 0 Å². The van der Waals surface area contributed by atoms with E-state index in [4.69, 9.17) is 0 Å². The molecule has 2 N–H and O–H groups in total. The molecular formula is C16H24N4O. The first kappa shape index (κ1) is 14.5. The van der Waals surface area contributed by atoms with Crippen LogP contribution in [0.4, 0.5) is 5.82 Å². The molecule has 0 saturated heterocycles. The van der Waals surface area contributed by atoms with Crippen LogP contribution in [0.3, 0.4) is 0 Å². The number of nitrogens with one attached hydrogen (secondary N) is 2. The fourth-order valence-corrected chi connectivity index (χ4v) is 3.52. The number of nitrogens with zero attached hydrogens (tertiary/aromatic N) is 2. The fourth-order valence-electron chi connectivity index (χ4n) is 3.52. The van der Waals surface area contributed by atoms with Crippen LogP contribution in [-0.2, 0) is 0 Å². The zero-order valence-electron chi connectivity index (χ0n) is 13.0. The van der Waals surface area contributed by atoms with E-state index in [9.17, 15) is 5.21 Å². The highest BCUT2D eigenvalue weighted by molar-refractivity contribution is 5.82. The molecule has 1 aromatic rings. The van der Waals surface area contributed by atoms with Gasteiger partial charge >= 0.3 is 0 Å². The van der Waals surface area contributed by atoms with Crippen molar-refractivity contribution in [2.75, 3.05) is 31.2 Å². The summed E-state index contributed by atoms with van der Waals surface area (Å²) in [5, 5.41) is 14.6. The van der Waals surface area contributed by atoms with Gasteiger partial charge in [-0.25, -0.2) is 10.4 Å². The molecule has 1 aromatic heterocycles. The molecule has 0 aliphatic carbocycles. The Morgan fingerprint density at radius 3 is 3.05 bits per heavy atom. The number of aromatic nitrogens is 1. The topological polar surface area (TPSA) is 55.7 Å². The lowest BCUT2D eigenvalue weighted by Gasteiger charge is -2.43. The summed E-state index contributed by atoms with van der Waals surface area (Å²) in [5.74, 6) is 1.80. The van der Waals surface area contributed by atoms with Gasteiger partial charge in [0.2, 0.25) is 0 Å². The lowest BCUT2D eigenvalue weighted by Crippen LogP contribution is -3.09. The zero-order chi connectivity index (χ0) is 15.0. The standard InChI is InChI=1S/C16H24N4O/c1-4-18-20-9-12-8-19(21)10-14(11(2)3)15(12)13-6-5-7-17-16(13)20/h5-7,11,14,18-19H,4,8-10H2,1-3H3. The van der Waals surface area contributed by atoms with Gasteiger partial charge in [0.1, 0.15) is 6.54 Å². The molecule has 2 aliphatic rings. The second-order valence-corrected chi connectivity index (χ2v) is 6.26. The molecule has 21 heavy (non-hydrogen) atoms. The van der Waals surface area contributed by atoms with Crippen molar-refractivity contribution in [2.24, 2.45) is 11.8 Å². The Bertz CT molecular complexity index is 555. The average Bonchev–Trinajstić information content (AvgIpc) is 2.46. The predicted octanol–water partition coefficient (Wildman–Crippen LogP) is 0.848. The number of quaternary nitrogens is 1. The molecule has 2 unspecified atom stereocenters. The smallest absolute Gasteiger partial charge is 0.150 e. The number of fused-ring (bicyclic) bond motifs is 2. The molecule has 3 heterocycles. The summed E-state index contributed by atoms with van der Waals surface area (Å²) in [4.78, 5) is 4.57. The van der Waals surface area contributed by atoms with Crippen molar-refractivity contribution >= 4 is 11.4 Å². The molecular weight excluding hydrogens is 264 g/mol. The van der Waals surface area contributed by atoms with E-state index in [0.29, 0.717) is 30.0 Å². The Hall–Kier alpha value is -1.43. The van der Waals surface area contributed by atoms with Gasteiger partial charge in [-0.15, -0.1) is 0 Å². The van der Waals surface area contributed by atoms with E-state index in [1.807, 2.05) is 12.3 Å². The molecule has 5 nitrogen and oxygen atoms in total. The van der Waals surface area contributed by atoms with Crippen LogP contribution in [-0.4, -0.2) is 31.2 Å². The second kappa shape index (κ2) is 5.75. The molecule has 114 valence electrons. The highest BCUT2D eigenvalue weighted by atomic mass is 16.5. The van der Waals surface area contributed by atoms with Gasteiger partial charge in [-0.1, -0.05) is 20.8 Å². The summed E-state index contributed by atoms with van der Waals surface area (Å²) in [6.45, 7) is 9.37. The second-order valence-electron chi connectivity index (χ2n) is 6.26. The van der Waals surface area contributed by atoms with Crippen LogP contribution in [0.25, 0.3) is 5.57 Å². The SMILES string of the molecule is CCNN1CC2=C(c3cccnc31)C(C(C)C)C[NH+]([O-])C2. The van der Waals surface area contributed by atoms with E-state index < -0.39 is 0 Å². The van der Waals surface area contributed by atoms with Gasteiger partial charge < -0.3 is 10.3 Å². The van der Waals surface area contributed by atoms with Gasteiger partial charge in [-0.05, 0) is 23.6 Å². The van der Waals surface area contributed by atoms with E-state index in [2.05, 4.69) is 42.3 Å². The molecule has 0 amide bonds. The van der Waals surface area contributed by atoms with Crippen molar-refractivity contribution in [2.45, 2.75) is 20.8 Å². The number of hydrazine groups is 1. The number of hydrogen-bond donors (Lipinski definition) is 2. The number of hydrogen-bond acceptors (Lipinski definition) is 4. The third-order valence-corrected chi connectivity index (χ3v) is 4.45. The fraction of sp³-hybridized carbons (Fsp3) is 0.562. The highest BCUT2D eigenvalue weighted by Crippen LogP contribution is 2.39. The predicted molar refractivity (Wildman–Crippen MR) is 84.6 cm³/mol. The Kier molecular flexibility index (Phi) is 3.97. The maximum absolute atomic E-state index is 12.1. The van der Waals surface area contributed by atoms with Crippen molar-refractivity contribution in [1.29, 1.82) is 0 Å². The Morgan fingerprint density at radius 2 is 2.33 bits per heavy atom. The Morgan fingerprint density at radius 1 is 1.52 bits per heavy atom. The van der Waals surface area contributed by atoms with Gasteiger partial charge in [-0.3, -0.25) is 5.01 Å². The number of hydroxylamine groups is 2. The molecule has 0 saturated carbocycles. The normalized spacial score (nSPS) is 25.1. The van der Waals surface area contributed by atoms with Crippen LogP contribution in [0.2, 0.25) is 0 Å². The molecule has 2 atom stereocenters. The third kappa shape index (κ3) is 2.57. The summed E-state index contributed by atoms with van der Waals surface area (Å²) in [5.41, 5.74) is 7.20. The summed E-state index contributed by atoms with van der Waals surface area (Å²) < 4.78 is 0. The van der Waals surface area contributed by atoms with Crippen molar-refractivity contribution < 1.29 is 5.06 Å². The lowest BCUT2D eigenvalue weighted by atomic mass is 9.78. The summed E-state index contributed by atoms with van der Waals surface area (Å²) in [7, 11) is 0. The minimum absolute atomic E-state index is 0.327. The van der Waals surface area contributed by atoms with E-state index in [-0.39, 0.29) is 0 Å². The van der Waals surface area contributed by atoms with E-state index in [1.165, 1.54) is 16.7 Å². The number of rotatable bonds is 3. The minimum atomic E-state index is 0.327. The molecule has 0 spiro atoms. The van der Waals surface area contributed by atoms with E-state index in [0.717, 1.165) is 18.9 Å². The molecule has 0 fully saturated rings. The van der Waals surface area contributed by atoms with Crippen molar-refractivity contribution in [3.63, 3.8) is 0 Å². The van der Waals surface area contributed by atoms with Crippen LogP contribution in [0.5, 0.6) is 0 Å². The lowest BCUT2D eigenvalue weighted by molar-refractivity contribution is -0.848. The molecule has 0 aromatic carbocycles. The van der Waals surface area contributed by atoms with Gasteiger partial charge in [0, 0.05) is 29.8 Å². The zero-order valence-corrected chi connectivity index (χ0v) is 13.0. The first-order chi connectivity index (χ1) is 10.1. The number of anilines is 1. The van der Waals surface area contributed by atoms with Gasteiger partial charge in [0.25, 0.3) is 0 Å². The summed E-state index contributed by atoms with van der Waals surface area (Å²) >= 11 is 0. The van der Waals surface area contributed by atoms with Crippen LogP contribution >= 0.6 is 0 Å². The summed E-state index contributed by atoms with van der Waals surface area (Å²) in [6.07, 6.45) is 1.84. The molecule has 2 aliphatic heterocycles. The molecule has 5 heteroatoms. The Balaban J connectivity index is 2.10. The van der Waals surface area contributed by atoms with Crippen LogP contribution in [0.1, 0.15) is 26.3 Å². The average molecular weight is 288 g/mol. The molecule has 0 radical (unpaired) electrons. The molecule has 0 bridgehead atoms. The maximum atomic E-state index is 12.1. The van der Waals surface area contributed by atoms with Crippen LogP contribution in [0, 0.1) is 17.0 Å². The highest BCUT2D eigenvalue weighted by Gasteiger charge is 2.36. The van der Waals surface area contributed by atoms with Crippen molar-refractivity contribution in [3.05, 3.63) is 34.7 Å². The summed E-state index contributed by atoms with van der Waals surface area (Å²) in [6, 6.07) is 4.14. The first-order valence-electron chi connectivity index (χ1n) is 7.81. The first-order valence-corrected chi connectivity index (χ1v) is 7.81. The van der Waals surface area contributed by atoms with Crippen molar-refractivity contribution in [1.82, 2.24) is 10.4 Å². The quantitative estimate of drug-likeness (QED) is 0.810. The van der Waals surface area contributed by atoms with E-state index in [1.54, 1.807) is 0 Å².